The first-order chi connectivity index (χ1) is 5.31. The summed E-state index contributed by atoms with van der Waals surface area (Å²) in [6.07, 6.45) is 0. The zero-order valence-corrected chi connectivity index (χ0v) is 8.02. The van der Waals surface area contributed by atoms with Crippen molar-refractivity contribution in [3.63, 3.8) is 0 Å². The van der Waals surface area contributed by atoms with Gasteiger partial charge in [0, 0.05) is 26.1 Å². The summed E-state index contributed by atoms with van der Waals surface area (Å²) in [4.78, 5) is 2.18. The Hall–Kier alpha value is 0.235. The number of hydrogen-bond donors (Lipinski definition) is 1. The van der Waals surface area contributed by atoms with Crippen LogP contribution in [0.5, 0.6) is 0 Å². The third-order valence-corrected chi connectivity index (χ3v) is 1.55. The molecule has 3 nitrogen and oxygen atoms in total. The first-order valence-electron chi connectivity index (χ1n) is 3.75. The Balaban J connectivity index is 2.97. The zero-order valence-electron chi connectivity index (χ0n) is 7.27. The molecule has 1 N–H and O–H groups in total. The van der Waals surface area contributed by atoms with E-state index in [2.05, 4.69) is 17.2 Å². The van der Waals surface area contributed by atoms with Gasteiger partial charge in [0.15, 0.2) is 0 Å². The summed E-state index contributed by atoms with van der Waals surface area (Å²) in [5.41, 5.74) is 0. The quantitative estimate of drug-likeness (QED) is 0.328. The third-order valence-electron chi connectivity index (χ3n) is 1.38. The highest BCUT2D eigenvalue weighted by molar-refractivity contribution is 6.23. The maximum Gasteiger partial charge on any atom is 0.360 e. The van der Waals surface area contributed by atoms with Gasteiger partial charge in [-0.3, -0.25) is 0 Å². The van der Waals surface area contributed by atoms with Crippen LogP contribution in [-0.4, -0.2) is 52.2 Å². The van der Waals surface area contributed by atoms with Crippen LogP contribution in [0.4, 0.5) is 0 Å². The molecule has 0 aliphatic heterocycles. The molecule has 66 valence electrons. The molecule has 0 unspecified atom stereocenters. The van der Waals surface area contributed by atoms with Crippen LogP contribution in [0.2, 0.25) is 0 Å². The number of likely N-dealkylation sites (N-methyl/N-ethyl adjacent to an activating group) is 1. The predicted molar refractivity (Wildman–Crippen MR) is 50.4 cm³/mol. The van der Waals surface area contributed by atoms with Gasteiger partial charge in [-0.15, -0.1) is 11.6 Å². The molecule has 0 aromatic heterocycles. The SMILES string of the molecule is COBNCCN(C)CCCl. The first kappa shape index (κ1) is 11.2. The molecule has 0 atom stereocenters. The molecule has 0 aliphatic rings. The molecule has 0 aromatic rings. The summed E-state index contributed by atoms with van der Waals surface area (Å²) in [6.45, 7) is 2.90. The Morgan fingerprint density at radius 2 is 2.27 bits per heavy atom. The molecule has 0 amide bonds. The van der Waals surface area contributed by atoms with Crippen LogP contribution in [-0.2, 0) is 4.65 Å². The van der Waals surface area contributed by atoms with E-state index in [1.165, 1.54) is 0 Å². The van der Waals surface area contributed by atoms with E-state index in [4.69, 9.17) is 16.3 Å². The summed E-state index contributed by atoms with van der Waals surface area (Å²) < 4.78 is 4.83. The number of nitrogens with zero attached hydrogens (tertiary/aromatic N) is 1. The summed E-state index contributed by atoms with van der Waals surface area (Å²) in [5.74, 6) is 0.695. The van der Waals surface area contributed by atoms with Crippen molar-refractivity contribution in [1.82, 2.24) is 10.1 Å². The lowest BCUT2D eigenvalue weighted by atomic mass is 10.3. The van der Waals surface area contributed by atoms with Crippen LogP contribution in [0.15, 0.2) is 0 Å². The van der Waals surface area contributed by atoms with E-state index in [-0.39, 0.29) is 0 Å². The molecule has 0 fully saturated rings. The predicted octanol–water partition coefficient (Wildman–Crippen LogP) is -0.341. The summed E-state index contributed by atoms with van der Waals surface area (Å²) >= 11 is 5.55. The Labute approximate surface area is 74.3 Å². The van der Waals surface area contributed by atoms with E-state index in [0.717, 1.165) is 19.6 Å². The fraction of sp³-hybridized carbons (Fsp3) is 1.00. The van der Waals surface area contributed by atoms with Crippen molar-refractivity contribution in [2.45, 2.75) is 0 Å². The second-order valence-electron chi connectivity index (χ2n) is 2.43. The van der Waals surface area contributed by atoms with Gasteiger partial charge >= 0.3 is 7.62 Å². The molecule has 11 heavy (non-hydrogen) atoms. The molecule has 0 rings (SSSR count). The van der Waals surface area contributed by atoms with Crippen molar-refractivity contribution in [2.75, 3.05) is 39.7 Å². The Morgan fingerprint density at radius 3 is 2.82 bits per heavy atom. The molecule has 5 heteroatoms. The highest BCUT2D eigenvalue weighted by Gasteiger charge is 1.95. The molecule has 0 aliphatic carbocycles. The zero-order chi connectivity index (χ0) is 8.53. The number of alkyl halides is 1. The normalized spacial score (nSPS) is 10.5. The van der Waals surface area contributed by atoms with Crippen molar-refractivity contribution in [1.29, 1.82) is 0 Å². The third kappa shape index (κ3) is 8.14. The van der Waals surface area contributed by atoms with Crippen molar-refractivity contribution < 1.29 is 4.65 Å². The topological polar surface area (TPSA) is 24.5 Å². The summed E-state index contributed by atoms with van der Waals surface area (Å²) in [5, 5.41) is 3.12. The minimum absolute atomic E-state index is 0.620. The number of rotatable bonds is 7. The van der Waals surface area contributed by atoms with Gasteiger partial charge in [0.1, 0.15) is 0 Å². The van der Waals surface area contributed by atoms with E-state index in [1.807, 2.05) is 0 Å². The molecule has 0 heterocycles. The van der Waals surface area contributed by atoms with Crippen LogP contribution in [0, 0.1) is 0 Å². The fourth-order valence-electron chi connectivity index (χ4n) is 0.700. The molecule has 0 aromatic carbocycles. The Bertz CT molecular complexity index is 87.0. The lowest BCUT2D eigenvalue weighted by Gasteiger charge is -2.14. The van der Waals surface area contributed by atoms with Gasteiger partial charge in [-0.25, -0.2) is 0 Å². The van der Waals surface area contributed by atoms with Gasteiger partial charge in [-0.2, -0.15) is 0 Å². The van der Waals surface area contributed by atoms with Crippen LogP contribution >= 0.6 is 11.6 Å². The molecule has 0 spiro atoms. The van der Waals surface area contributed by atoms with Crippen molar-refractivity contribution in [2.24, 2.45) is 0 Å². The average molecular weight is 178 g/mol. The molecule has 0 radical (unpaired) electrons. The Kier molecular flexibility index (Phi) is 8.51. The van der Waals surface area contributed by atoms with Crippen LogP contribution < -0.4 is 5.23 Å². The minimum Gasteiger partial charge on any atom is -0.427 e. The molecular weight excluding hydrogens is 162 g/mol. The second kappa shape index (κ2) is 8.33. The van der Waals surface area contributed by atoms with Gasteiger partial charge in [-0.05, 0) is 13.6 Å². The van der Waals surface area contributed by atoms with E-state index in [9.17, 15) is 0 Å². The number of nitrogens with one attached hydrogen (secondary N) is 1. The van der Waals surface area contributed by atoms with Crippen LogP contribution in [0.1, 0.15) is 0 Å². The van der Waals surface area contributed by atoms with Gasteiger partial charge in [0.2, 0.25) is 0 Å². The van der Waals surface area contributed by atoms with Gasteiger partial charge in [0.25, 0.3) is 0 Å². The lowest BCUT2D eigenvalue weighted by Crippen LogP contribution is -2.32. The maximum absolute atomic E-state index is 5.55. The monoisotopic (exact) mass is 178 g/mol. The van der Waals surface area contributed by atoms with Crippen LogP contribution in [0.3, 0.4) is 0 Å². The maximum atomic E-state index is 5.55. The van der Waals surface area contributed by atoms with E-state index >= 15 is 0 Å². The van der Waals surface area contributed by atoms with Crippen LogP contribution in [0.25, 0.3) is 0 Å². The Morgan fingerprint density at radius 1 is 1.55 bits per heavy atom. The highest BCUT2D eigenvalue weighted by Crippen LogP contribution is 1.82. The smallest absolute Gasteiger partial charge is 0.360 e. The van der Waals surface area contributed by atoms with Crippen molar-refractivity contribution in [3.8, 4) is 0 Å². The minimum atomic E-state index is 0.620. The first-order valence-corrected chi connectivity index (χ1v) is 4.29. The summed E-state index contributed by atoms with van der Waals surface area (Å²) in [7, 11) is 4.35. The lowest BCUT2D eigenvalue weighted by molar-refractivity contribution is 0.354. The molecule has 0 bridgehead atoms. The van der Waals surface area contributed by atoms with Gasteiger partial charge in [0.05, 0.1) is 0 Å². The molecule has 0 saturated heterocycles. The average Bonchev–Trinajstić information content (AvgIpc) is 1.99. The van der Waals surface area contributed by atoms with Gasteiger partial charge < -0.3 is 14.8 Å². The number of hydrogen-bond acceptors (Lipinski definition) is 3. The van der Waals surface area contributed by atoms with Crippen molar-refractivity contribution in [3.05, 3.63) is 0 Å². The van der Waals surface area contributed by atoms with E-state index in [0.29, 0.717) is 13.5 Å². The molecule has 0 saturated carbocycles. The standard InChI is InChI=1S/C6H16BClN2O/c1-10(5-3-8)6-4-9-7-11-2/h7,9H,3-6H2,1-2H3. The fourth-order valence-corrected chi connectivity index (χ4v) is 0.989. The number of halogens is 1. The molecular formula is C6H16BClN2O. The second-order valence-corrected chi connectivity index (χ2v) is 2.80. The van der Waals surface area contributed by atoms with E-state index < -0.39 is 0 Å². The highest BCUT2D eigenvalue weighted by atomic mass is 35.5. The van der Waals surface area contributed by atoms with E-state index in [1.54, 1.807) is 7.11 Å². The van der Waals surface area contributed by atoms with Crippen molar-refractivity contribution >= 4 is 19.2 Å². The van der Waals surface area contributed by atoms with Gasteiger partial charge in [-0.1, -0.05) is 0 Å². The summed E-state index contributed by atoms with van der Waals surface area (Å²) in [6, 6.07) is 0. The largest absolute Gasteiger partial charge is 0.427 e.